The summed E-state index contributed by atoms with van der Waals surface area (Å²) >= 11 is 0. The molecule has 3 rings (SSSR count). The second-order valence-electron chi connectivity index (χ2n) is 5.86. The first-order valence-electron chi connectivity index (χ1n) is 7.97. The van der Waals surface area contributed by atoms with Crippen LogP contribution >= 0.6 is 0 Å². The van der Waals surface area contributed by atoms with Crippen LogP contribution in [0.5, 0.6) is 0 Å². The van der Waals surface area contributed by atoms with Crippen LogP contribution < -0.4 is 4.90 Å². The SMILES string of the molecule is Cc1cc(N2CCN(OCc3ccccc3)C(C(=O)O)C2)ccn1. The summed E-state index contributed by atoms with van der Waals surface area (Å²) in [5.74, 6) is -0.876. The van der Waals surface area contributed by atoms with Crippen LogP contribution in [0.4, 0.5) is 5.69 Å². The molecule has 6 nitrogen and oxygen atoms in total. The molecule has 0 spiro atoms. The minimum absolute atomic E-state index is 0.374. The fourth-order valence-electron chi connectivity index (χ4n) is 2.82. The van der Waals surface area contributed by atoms with Crippen LogP contribution in [0.25, 0.3) is 0 Å². The Morgan fingerprint density at radius 2 is 2.08 bits per heavy atom. The molecule has 1 aliphatic heterocycles. The van der Waals surface area contributed by atoms with E-state index < -0.39 is 12.0 Å². The summed E-state index contributed by atoms with van der Waals surface area (Å²) in [7, 11) is 0. The van der Waals surface area contributed by atoms with Crippen LogP contribution in [0, 0.1) is 6.92 Å². The number of benzene rings is 1. The summed E-state index contributed by atoms with van der Waals surface area (Å²) in [5.41, 5.74) is 2.94. The number of aromatic nitrogens is 1. The van der Waals surface area contributed by atoms with Crippen molar-refractivity contribution in [2.75, 3.05) is 24.5 Å². The third-order valence-corrected chi connectivity index (χ3v) is 4.10. The molecule has 0 aliphatic carbocycles. The Balaban J connectivity index is 1.66. The highest BCUT2D eigenvalue weighted by molar-refractivity contribution is 5.74. The van der Waals surface area contributed by atoms with Crippen molar-refractivity contribution < 1.29 is 14.7 Å². The lowest BCUT2D eigenvalue weighted by Gasteiger charge is -2.39. The lowest BCUT2D eigenvalue weighted by atomic mass is 10.2. The number of rotatable bonds is 5. The van der Waals surface area contributed by atoms with Crippen molar-refractivity contribution in [1.29, 1.82) is 0 Å². The van der Waals surface area contributed by atoms with Crippen molar-refractivity contribution >= 4 is 11.7 Å². The van der Waals surface area contributed by atoms with Gasteiger partial charge < -0.3 is 10.0 Å². The van der Waals surface area contributed by atoms with Crippen molar-refractivity contribution in [3.8, 4) is 0 Å². The third kappa shape index (κ3) is 3.90. The maximum absolute atomic E-state index is 11.7. The summed E-state index contributed by atoms with van der Waals surface area (Å²) in [6.07, 6.45) is 1.75. The van der Waals surface area contributed by atoms with Crippen LogP contribution in [0.1, 0.15) is 11.3 Å². The molecule has 1 aromatic carbocycles. The zero-order valence-electron chi connectivity index (χ0n) is 13.6. The summed E-state index contributed by atoms with van der Waals surface area (Å²) in [5, 5.41) is 11.1. The lowest BCUT2D eigenvalue weighted by Crippen LogP contribution is -2.56. The number of carboxylic acids is 1. The highest BCUT2D eigenvalue weighted by atomic mass is 16.7. The van der Waals surface area contributed by atoms with Gasteiger partial charge in [0.2, 0.25) is 0 Å². The molecule has 1 saturated heterocycles. The predicted molar refractivity (Wildman–Crippen MR) is 90.5 cm³/mol. The molecular formula is C18H21N3O3. The van der Waals surface area contributed by atoms with Gasteiger partial charge in [-0.05, 0) is 24.6 Å². The molecular weight excluding hydrogens is 306 g/mol. The van der Waals surface area contributed by atoms with Crippen LogP contribution in [-0.4, -0.2) is 46.8 Å². The van der Waals surface area contributed by atoms with Gasteiger partial charge in [-0.25, -0.2) is 0 Å². The van der Waals surface area contributed by atoms with Gasteiger partial charge in [0.05, 0.1) is 6.61 Å². The maximum Gasteiger partial charge on any atom is 0.325 e. The highest BCUT2D eigenvalue weighted by Crippen LogP contribution is 2.20. The Kier molecular flexibility index (Phi) is 5.08. The normalized spacial score (nSPS) is 18.5. The second kappa shape index (κ2) is 7.42. The Morgan fingerprint density at radius 1 is 1.29 bits per heavy atom. The summed E-state index contributed by atoms with van der Waals surface area (Å²) < 4.78 is 0. The van der Waals surface area contributed by atoms with Crippen LogP contribution in [0.2, 0.25) is 0 Å². The number of hydrogen-bond donors (Lipinski definition) is 1. The minimum atomic E-state index is -0.876. The van der Waals surface area contributed by atoms with E-state index in [2.05, 4.69) is 9.88 Å². The molecule has 0 bridgehead atoms. The Hall–Kier alpha value is -2.44. The van der Waals surface area contributed by atoms with Gasteiger partial charge in [-0.2, -0.15) is 5.06 Å². The molecule has 2 aromatic rings. The van der Waals surface area contributed by atoms with E-state index in [1.165, 1.54) is 0 Å². The third-order valence-electron chi connectivity index (χ3n) is 4.10. The van der Waals surface area contributed by atoms with E-state index >= 15 is 0 Å². The fourth-order valence-corrected chi connectivity index (χ4v) is 2.82. The van der Waals surface area contributed by atoms with E-state index in [4.69, 9.17) is 4.84 Å². The van der Waals surface area contributed by atoms with Gasteiger partial charge in [0.1, 0.15) is 6.04 Å². The van der Waals surface area contributed by atoms with Gasteiger partial charge in [0.25, 0.3) is 0 Å². The number of nitrogens with zero attached hydrogens (tertiary/aromatic N) is 3. The zero-order chi connectivity index (χ0) is 16.9. The van der Waals surface area contributed by atoms with E-state index in [0.717, 1.165) is 16.9 Å². The highest BCUT2D eigenvalue weighted by Gasteiger charge is 2.33. The Bertz CT molecular complexity index is 693. The van der Waals surface area contributed by atoms with E-state index in [-0.39, 0.29) is 0 Å². The van der Waals surface area contributed by atoms with Gasteiger partial charge in [-0.3, -0.25) is 14.6 Å². The van der Waals surface area contributed by atoms with Crippen LogP contribution in [0.15, 0.2) is 48.7 Å². The number of hydroxylamine groups is 2. The Morgan fingerprint density at radius 3 is 2.79 bits per heavy atom. The topological polar surface area (TPSA) is 65.9 Å². The minimum Gasteiger partial charge on any atom is -0.480 e. The first-order chi connectivity index (χ1) is 11.6. The molecule has 0 radical (unpaired) electrons. The molecule has 1 aliphatic rings. The summed E-state index contributed by atoms with van der Waals surface area (Å²) in [6, 6.07) is 12.9. The van der Waals surface area contributed by atoms with Gasteiger partial charge in [0, 0.05) is 37.2 Å². The van der Waals surface area contributed by atoms with E-state index in [9.17, 15) is 9.90 Å². The van der Waals surface area contributed by atoms with Crippen LogP contribution in [0.3, 0.4) is 0 Å². The molecule has 126 valence electrons. The van der Waals surface area contributed by atoms with Gasteiger partial charge in [-0.15, -0.1) is 0 Å². The summed E-state index contributed by atoms with van der Waals surface area (Å²) in [4.78, 5) is 23.7. The van der Waals surface area contributed by atoms with Gasteiger partial charge >= 0.3 is 5.97 Å². The average molecular weight is 327 g/mol. The van der Waals surface area contributed by atoms with Gasteiger partial charge in [0.15, 0.2) is 0 Å². The number of hydrogen-bond acceptors (Lipinski definition) is 5. The molecule has 6 heteroatoms. The number of piperazine rings is 1. The quantitative estimate of drug-likeness (QED) is 0.907. The van der Waals surface area contributed by atoms with Gasteiger partial charge in [-0.1, -0.05) is 30.3 Å². The Labute approximate surface area is 141 Å². The fraction of sp³-hybridized carbons (Fsp3) is 0.333. The van der Waals surface area contributed by atoms with Crippen molar-refractivity contribution in [3.05, 3.63) is 59.9 Å². The molecule has 1 aromatic heterocycles. The van der Waals surface area contributed by atoms with Crippen molar-refractivity contribution in [1.82, 2.24) is 10.0 Å². The molecule has 1 N–H and O–H groups in total. The molecule has 2 heterocycles. The second-order valence-corrected chi connectivity index (χ2v) is 5.86. The smallest absolute Gasteiger partial charge is 0.325 e. The van der Waals surface area contributed by atoms with E-state index in [1.54, 1.807) is 11.3 Å². The molecule has 1 atom stereocenters. The van der Waals surface area contributed by atoms with Crippen molar-refractivity contribution in [2.45, 2.75) is 19.6 Å². The average Bonchev–Trinajstić information content (AvgIpc) is 2.60. The monoisotopic (exact) mass is 327 g/mol. The van der Waals surface area contributed by atoms with Crippen molar-refractivity contribution in [3.63, 3.8) is 0 Å². The van der Waals surface area contributed by atoms with Crippen LogP contribution in [-0.2, 0) is 16.2 Å². The van der Waals surface area contributed by atoms with Crippen molar-refractivity contribution in [2.24, 2.45) is 0 Å². The largest absolute Gasteiger partial charge is 0.480 e. The molecule has 1 unspecified atom stereocenters. The standard InChI is InChI=1S/C18H21N3O3/c1-14-11-16(7-8-19-14)20-9-10-21(17(12-20)18(22)23)24-13-15-5-3-2-4-6-15/h2-8,11,17H,9-10,12-13H2,1H3,(H,22,23). The first kappa shape index (κ1) is 16.4. The number of aliphatic carboxylic acids is 1. The number of pyridine rings is 1. The zero-order valence-corrected chi connectivity index (χ0v) is 13.6. The lowest BCUT2D eigenvalue weighted by molar-refractivity contribution is -0.208. The van der Waals surface area contributed by atoms with E-state index in [0.29, 0.717) is 26.2 Å². The first-order valence-corrected chi connectivity index (χ1v) is 7.97. The maximum atomic E-state index is 11.7. The number of carbonyl (C=O) groups is 1. The predicted octanol–water partition coefficient (Wildman–Crippen LogP) is 2.10. The van der Waals surface area contributed by atoms with E-state index in [1.807, 2.05) is 49.4 Å². The number of anilines is 1. The molecule has 0 saturated carbocycles. The summed E-state index contributed by atoms with van der Waals surface area (Å²) in [6.45, 7) is 3.93. The molecule has 0 amide bonds. The molecule has 24 heavy (non-hydrogen) atoms. The number of carboxylic acid groups (broad SMARTS) is 1. The number of aryl methyl sites for hydroxylation is 1. The molecule has 1 fully saturated rings.